The monoisotopic (exact) mass is 347 g/mol. The molecule has 0 aromatic carbocycles. The quantitative estimate of drug-likeness (QED) is 0.767. The molecule has 88 valence electrons. The van der Waals surface area contributed by atoms with Crippen LogP contribution in [0.1, 0.15) is 25.7 Å². The molecule has 0 N–H and O–H groups in total. The zero-order valence-electron chi connectivity index (χ0n) is 9.07. The lowest BCUT2D eigenvalue weighted by molar-refractivity contribution is 0.620. The van der Waals surface area contributed by atoms with Gasteiger partial charge in [-0.15, -0.1) is 0 Å². The van der Waals surface area contributed by atoms with Gasteiger partial charge in [-0.2, -0.15) is 0 Å². The van der Waals surface area contributed by atoms with E-state index in [0.29, 0.717) is 6.04 Å². The van der Waals surface area contributed by atoms with Crippen molar-refractivity contribution in [2.24, 2.45) is 0 Å². The molecule has 1 aliphatic heterocycles. The second-order valence-electron chi connectivity index (χ2n) is 4.05. The number of halogens is 2. The molecule has 16 heavy (non-hydrogen) atoms. The molecule has 5 heteroatoms. The molecule has 3 nitrogen and oxygen atoms in total. The van der Waals surface area contributed by atoms with Crippen LogP contribution in [0.3, 0.4) is 0 Å². The average molecular weight is 349 g/mol. The first-order valence-corrected chi connectivity index (χ1v) is 7.52. The summed E-state index contributed by atoms with van der Waals surface area (Å²) in [5.74, 6) is 1.03. The second kappa shape index (κ2) is 5.96. The van der Waals surface area contributed by atoms with Crippen molar-refractivity contribution in [2.75, 3.05) is 16.8 Å². The lowest BCUT2D eigenvalue weighted by Crippen LogP contribution is -2.37. The van der Waals surface area contributed by atoms with Gasteiger partial charge in [0.2, 0.25) is 0 Å². The molecule has 0 amide bonds. The third-order valence-electron chi connectivity index (χ3n) is 2.98. The van der Waals surface area contributed by atoms with Crippen molar-refractivity contribution in [1.82, 2.24) is 9.97 Å². The molecule has 1 fully saturated rings. The molecule has 2 heterocycles. The molecule has 1 saturated heterocycles. The van der Waals surface area contributed by atoms with Crippen molar-refractivity contribution in [3.8, 4) is 0 Å². The van der Waals surface area contributed by atoms with Gasteiger partial charge < -0.3 is 4.90 Å². The summed E-state index contributed by atoms with van der Waals surface area (Å²) in [6.45, 7) is 1.09. The summed E-state index contributed by atoms with van der Waals surface area (Å²) in [7, 11) is 0. The molecule has 1 aromatic rings. The topological polar surface area (TPSA) is 29.0 Å². The summed E-state index contributed by atoms with van der Waals surface area (Å²) in [5, 5.41) is 1.00. The van der Waals surface area contributed by atoms with E-state index in [-0.39, 0.29) is 0 Å². The molecular weight excluding hydrogens is 334 g/mol. The highest BCUT2D eigenvalue weighted by Gasteiger charge is 2.22. The Morgan fingerprint density at radius 1 is 1.38 bits per heavy atom. The van der Waals surface area contributed by atoms with E-state index in [2.05, 4.69) is 46.7 Å². The average Bonchev–Trinajstić information content (AvgIpc) is 2.54. The SMILES string of the molecule is BrCC1CCCCCN1c1ncncc1Br. The normalized spacial score (nSPS) is 21.9. The maximum atomic E-state index is 4.39. The Hall–Kier alpha value is -0.160. The Balaban J connectivity index is 2.25. The van der Waals surface area contributed by atoms with E-state index in [4.69, 9.17) is 0 Å². The van der Waals surface area contributed by atoms with Gasteiger partial charge in [0.25, 0.3) is 0 Å². The molecule has 0 bridgehead atoms. The molecule has 0 saturated carbocycles. The highest BCUT2D eigenvalue weighted by molar-refractivity contribution is 9.10. The van der Waals surface area contributed by atoms with E-state index in [9.17, 15) is 0 Å². The minimum Gasteiger partial charge on any atom is -0.352 e. The fraction of sp³-hybridized carbons (Fsp3) is 0.636. The van der Waals surface area contributed by atoms with Crippen LogP contribution in [0.4, 0.5) is 5.82 Å². The lowest BCUT2D eigenvalue weighted by atomic mass is 10.1. The van der Waals surface area contributed by atoms with Gasteiger partial charge in [0.1, 0.15) is 12.1 Å². The van der Waals surface area contributed by atoms with E-state index in [0.717, 1.165) is 22.2 Å². The molecule has 1 aliphatic rings. The van der Waals surface area contributed by atoms with E-state index in [1.54, 1.807) is 6.33 Å². The summed E-state index contributed by atoms with van der Waals surface area (Å²) in [4.78, 5) is 10.8. The van der Waals surface area contributed by atoms with E-state index in [1.807, 2.05) is 6.20 Å². The molecule has 0 spiro atoms. The van der Waals surface area contributed by atoms with Crippen LogP contribution in [0, 0.1) is 0 Å². The van der Waals surface area contributed by atoms with Crippen LogP contribution in [0.2, 0.25) is 0 Å². The van der Waals surface area contributed by atoms with Crippen LogP contribution in [0.15, 0.2) is 17.0 Å². The minimum absolute atomic E-state index is 0.550. The highest BCUT2D eigenvalue weighted by atomic mass is 79.9. The molecule has 0 radical (unpaired) electrons. The van der Waals surface area contributed by atoms with E-state index in [1.165, 1.54) is 25.7 Å². The van der Waals surface area contributed by atoms with Gasteiger partial charge >= 0.3 is 0 Å². The number of anilines is 1. The number of hydrogen-bond acceptors (Lipinski definition) is 3. The fourth-order valence-corrected chi connectivity index (χ4v) is 3.26. The highest BCUT2D eigenvalue weighted by Crippen LogP contribution is 2.28. The first-order valence-electron chi connectivity index (χ1n) is 5.61. The Morgan fingerprint density at radius 3 is 3.00 bits per heavy atom. The van der Waals surface area contributed by atoms with Crippen molar-refractivity contribution < 1.29 is 0 Å². The van der Waals surface area contributed by atoms with Gasteiger partial charge in [0, 0.05) is 24.1 Å². The fourth-order valence-electron chi connectivity index (χ4n) is 2.13. The summed E-state index contributed by atoms with van der Waals surface area (Å²) in [6, 6.07) is 0.550. The Morgan fingerprint density at radius 2 is 2.25 bits per heavy atom. The van der Waals surface area contributed by atoms with Gasteiger partial charge in [0.05, 0.1) is 4.47 Å². The van der Waals surface area contributed by atoms with Crippen molar-refractivity contribution >= 4 is 37.7 Å². The van der Waals surface area contributed by atoms with Gasteiger partial charge in [-0.1, -0.05) is 28.8 Å². The third kappa shape index (κ3) is 2.74. The number of alkyl halides is 1. The van der Waals surface area contributed by atoms with Crippen molar-refractivity contribution in [1.29, 1.82) is 0 Å². The molecule has 2 rings (SSSR count). The van der Waals surface area contributed by atoms with Gasteiger partial charge in [-0.25, -0.2) is 9.97 Å². The second-order valence-corrected chi connectivity index (χ2v) is 5.55. The lowest BCUT2D eigenvalue weighted by Gasteiger charge is -2.30. The molecular formula is C11H15Br2N3. The van der Waals surface area contributed by atoms with Crippen LogP contribution in [-0.2, 0) is 0 Å². The van der Waals surface area contributed by atoms with Crippen LogP contribution in [-0.4, -0.2) is 27.9 Å². The van der Waals surface area contributed by atoms with Crippen LogP contribution in [0.5, 0.6) is 0 Å². The van der Waals surface area contributed by atoms with Gasteiger partial charge in [-0.05, 0) is 28.8 Å². The maximum Gasteiger partial charge on any atom is 0.146 e. The third-order valence-corrected chi connectivity index (χ3v) is 4.28. The Labute approximate surface area is 113 Å². The number of nitrogens with zero attached hydrogens (tertiary/aromatic N) is 3. The van der Waals surface area contributed by atoms with Crippen LogP contribution < -0.4 is 4.90 Å². The predicted molar refractivity (Wildman–Crippen MR) is 73.1 cm³/mol. The standard InChI is InChI=1S/C11H15Br2N3/c12-6-9-4-2-1-3-5-16(9)11-10(13)7-14-8-15-11/h7-9H,1-6H2. The van der Waals surface area contributed by atoms with Gasteiger partial charge in [-0.3, -0.25) is 0 Å². The van der Waals surface area contributed by atoms with Crippen LogP contribution in [0.25, 0.3) is 0 Å². The number of aromatic nitrogens is 2. The maximum absolute atomic E-state index is 4.39. The summed E-state index contributed by atoms with van der Waals surface area (Å²) >= 11 is 7.14. The molecule has 1 aromatic heterocycles. The predicted octanol–water partition coefficient (Wildman–Crippen LogP) is 3.38. The minimum atomic E-state index is 0.550. The molecule has 0 aliphatic carbocycles. The summed E-state index contributed by atoms with van der Waals surface area (Å²) in [5.41, 5.74) is 0. The first-order chi connectivity index (χ1) is 7.83. The summed E-state index contributed by atoms with van der Waals surface area (Å²) < 4.78 is 0.989. The molecule has 1 atom stereocenters. The van der Waals surface area contributed by atoms with Gasteiger partial charge in [0.15, 0.2) is 0 Å². The first kappa shape index (κ1) is 12.3. The van der Waals surface area contributed by atoms with E-state index >= 15 is 0 Å². The van der Waals surface area contributed by atoms with Crippen molar-refractivity contribution in [3.63, 3.8) is 0 Å². The molecule has 1 unspecified atom stereocenters. The Bertz CT molecular complexity index is 346. The zero-order chi connectivity index (χ0) is 11.4. The Kier molecular flexibility index (Phi) is 4.58. The zero-order valence-corrected chi connectivity index (χ0v) is 12.2. The van der Waals surface area contributed by atoms with E-state index < -0.39 is 0 Å². The largest absolute Gasteiger partial charge is 0.352 e. The smallest absolute Gasteiger partial charge is 0.146 e. The van der Waals surface area contributed by atoms with Crippen molar-refractivity contribution in [2.45, 2.75) is 31.7 Å². The number of hydrogen-bond donors (Lipinski definition) is 0. The number of rotatable bonds is 2. The van der Waals surface area contributed by atoms with Crippen molar-refractivity contribution in [3.05, 3.63) is 17.0 Å². The van der Waals surface area contributed by atoms with Crippen LogP contribution >= 0.6 is 31.9 Å². The summed E-state index contributed by atoms with van der Waals surface area (Å²) in [6.07, 6.45) is 8.56.